The van der Waals surface area contributed by atoms with E-state index >= 15 is 0 Å². The average Bonchev–Trinajstić information content (AvgIpc) is 2.30. The van der Waals surface area contributed by atoms with Crippen LogP contribution in [0.4, 0.5) is 0 Å². The van der Waals surface area contributed by atoms with Crippen LogP contribution in [-0.2, 0) is 5.60 Å². The van der Waals surface area contributed by atoms with Crippen molar-refractivity contribution in [1.29, 1.82) is 0 Å². The number of aliphatic hydroxyl groups is 1. The molecule has 0 amide bonds. The van der Waals surface area contributed by atoms with E-state index in [0.717, 1.165) is 5.69 Å². The molecule has 1 aromatic rings. The Balaban J connectivity index is 2.92. The lowest BCUT2D eigenvalue weighted by Crippen LogP contribution is -2.17. The lowest BCUT2D eigenvalue weighted by Gasteiger charge is -2.13. The summed E-state index contributed by atoms with van der Waals surface area (Å²) in [6.07, 6.45) is 1.78. The van der Waals surface area contributed by atoms with Crippen LogP contribution in [-0.4, -0.2) is 15.1 Å². The first-order valence-electron chi connectivity index (χ1n) is 4.19. The van der Waals surface area contributed by atoms with Crippen molar-refractivity contribution >= 4 is 0 Å². The zero-order valence-corrected chi connectivity index (χ0v) is 8.05. The first-order valence-corrected chi connectivity index (χ1v) is 4.19. The van der Waals surface area contributed by atoms with Crippen molar-refractivity contribution in [2.45, 2.75) is 39.2 Å². The molecule has 3 heteroatoms. The number of rotatable bonds is 2. The van der Waals surface area contributed by atoms with Crippen molar-refractivity contribution in [3.05, 3.63) is 17.7 Å². The molecule has 1 aromatic heterocycles. The molecule has 0 aromatic carbocycles. The molecular weight excluding hydrogens is 152 g/mol. The standard InChI is InChI=1S/C9H16N2O/c1-6(2)7-5-10-8(11-7)9(3,4)12/h5-6,12H,1-4H3,(H,10,11). The Bertz CT molecular complexity index is 258. The average molecular weight is 168 g/mol. The summed E-state index contributed by atoms with van der Waals surface area (Å²) in [5.74, 6) is 1.06. The van der Waals surface area contributed by atoms with Gasteiger partial charge in [-0.1, -0.05) is 13.8 Å². The molecule has 1 rings (SSSR count). The van der Waals surface area contributed by atoms with E-state index in [2.05, 4.69) is 23.8 Å². The van der Waals surface area contributed by atoms with E-state index in [1.165, 1.54) is 0 Å². The molecule has 12 heavy (non-hydrogen) atoms. The molecule has 0 fully saturated rings. The van der Waals surface area contributed by atoms with Gasteiger partial charge in [0.15, 0.2) is 0 Å². The largest absolute Gasteiger partial charge is 0.383 e. The molecule has 0 aliphatic carbocycles. The highest BCUT2D eigenvalue weighted by molar-refractivity contribution is 5.09. The zero-order chi connectivity index (χ0) is 9.35. The molecule has 1 heterocycles. The highest BCUT2D eigenvalue weighted by Gasteiger charge is 2.19. The lowest BCUT2D eigenvalue weighted by molar-refractivity contribution is 0.0695. The van der Waals surface area contributed by atoms with E-state index < -0.39 is 5.60 Å². The lowest BCUT2D eigenvalue weighted by atomic mass is 10.1. The van der Waals surface area contributed by atoms with E-state index in [0.29, 0.717) is 11.7 Å². The number of H-pyrrole nitrogens is 1. The van der Waals surface area contributed by atoms with Gasteiger partial charge in [-0.05, 0) is 19.8 Å². The van der Waals surface area contributed by atoms with Crippen LogP contribution in [0.3, 0.4) is 0 Å². The number of nitrogens with zero attached hydrogens (tertiary/aromatic N) is 1. The molecule has 2 N–H and O–H groups in total. The van der Waals surface area contributed by atoms with Gasteiger partial charge in [-0.25, -0.2) is 4.98 Å². The van der Waals surface area contributed by atoms with Crippen molar-refractivity contribution in [3.8, 4) is 0 Å². The van der Waals surface area contributed by atoms with Crippen LogP contribution in [0.2, 0.25) is 0 Å². The first kappa shape index (κ1) is 9.26. The van der Waals surface area contributed by atoms with Crippen LogP contribution < -0.4 is 0 Å². The number of aromatic amines is 1. The summed E-state index contributed by atoms with van der Waals surface area (Å²) in [6.45, 7) is 7.61. The second-order valence-electron chi connectivity index (χ2n) is 3.90. The molecule has 68 valence electrons. The minimum absolute atomic E-state index is 0.425. The van der Waals surface area contributed by atoms with E-state index in [4.69, 9.17) is 0 Å². The van der Waals surface area contributed by atoms with Gasteiger partial charge < -0.3 is 10.1 Å². The highest BCUT2D eigenvalue weighted by Crippen LogP contribution is 2.18. The fraction of sp³-hybridized carbons (Fsp3) is 0.667. The van der Waals surface area contributed by atoms with E-state index in [9.17, 15) is 5.11 Å². The molecule has 0 saturated carbocycles. The first-order chi connectivity index (χ1) is 5.41. The minimum Gasteiger partial charge on any atom is -0.383 e. The van der Waals surface area contributed by atoms with Crippen molar-refractivity contribution in [2.75, 3.05) is 0 Å². The molecule has 0 bridgehead atoms. The Morgan fingerprint density at radius 1 is 1.50 bits per heavy atom. The summed E-state index contributed by atoms with van der Waals surface area (Å²) < 4.78 is 0. The summed E-state index contributed by atoms with van der Waals surface area (Å²) >= 11 is 0. The zero-order valence-electron chi connectivity index (χ0n) is 8.05. The Hall–Kier alpha value is -0.830. The van der Waals surface area contributed by atoms with Crippen LogP contribution in [0.25, 0.3) is 0 Å². The van der Waals surface area contributed by atoms with Gasteiger partial charge in [0.2, 0.25) is 0 Å². The molecule has 0 atom stereocenters. The van der Waals surface area contributed by atoms with Gasteiger partial charge in [-0.15, -0.1) is 0 Å². The molecule has 0 radical (unpaired) electrons. The Kier molecular flexibility index (Phi) is 2.24. The monoisotopic (exact) mass is 168 g/mol. The molecule has 0 spiro atoms. The van der Waals surface area contributed by atoms with Crippen LogP contribution in [0.15, 0.2) is 6.20 Å². The SMILES string of the molecule is CC(C)c1cnc(C(C)(C)O)[nH]1. The smallest absolute Gasteiger partial charge is 0.137 e. The maximum atomic E-state index is 9.59. The summed E-state index contributed by atoms with van der Waals surface area (Å²) in [6, 6.07) is 0. The molecular formula is C9H16N2O. The van der Waals surface area contributed by atoms with Gasteiger partial charge >= 0.3 is 0 Å². The van der Waals surface area contributed by atoms with E-state index in [1.54, 1.807) is 20.0 Å². The predicted octanol–water partition coefficient (Wildman–Crippen LogP) is 1.76. The predicted molar refractivity (Wildman–Crippen MR) is 47.9 cm³/mol. The third-order valence-electron chi connectivity index (χ3n) is 1.80. The maximum Gasteiger partial charge on any atom is 0.137 e. The van der Waals surface area contributed by atoms with Gasteiger partial charge in [-0.3, -0.25) is 0 Å². The van der Waals surface area contributed by atoms with E-state index in [-0.39, 0.29) is 0 Å². The minimum atomic E-state index is -0.868. The van der Waals surface area contributed by atoms with Crippen LogP contribution in [0, 0.1) is 0 Å². The van der Waals surface area contributed by atoms with Gasteiger partial charge in [0.05, 0.1) is 0 Å². The topological polar surface area (TPSA) is 48.9 Å². The van der Waals surface area contributed by atoms with Crippen molar-refractivity contribution < 1.29 is 5.11 Å². The molecule has 0 saturated heterocycles. The van der Waals surface area contributed by atoms with E-state index in [1.807, 2.05) is 0 Å². The number of hydrogen-bond acceptors (Lipinski definition) is 2. The Morgan fingerprint density at radius 3 is 2.33 bits per heavy atom. The number of imidazole rings is 1. The van der Waals surface area contributed by atoms with Gasteiger partial charge in [0.1, 0.15) is 11.4 Å². The third-order valence-corrected chi connectivity index (χ3v) is 1.80. The highest BCUT2D eigenvalue weighted by atomic mass is 16.3. The Morgan fingerprint density at radius 2 is 2.08 bits per heavy atom. The molecule has 0 unspecified atom stereocenters. The van der Waals surface area contributed by atoms with Crippen LogP contribution in [0.5, 0.6) is 0 Å². The fourth-order valence-electron chi connectivity index (χ4n) is 0.940. The summed E-state index contributed by atoms with van der Waals surface area (Å²) in [5.41, 5.74) is 0.194. The fourth-order valence-corrected chi connectivity index (χ4v) is 0.940. The summed E-state index contributed by atoms with van der Waals surface area (Å²) in [4.78, 5) is 7.19. The normalized spacial score (nSPS) is 12.5. The number of nitrogens with one attached hydrogen (secondary N) is 1. The van der Waals surface area contributed by atoms with Gasteiger partial charge in [0.25, 0.3) is 0 Å². The second-order valence-corrected chi connectivity index (χ2v) is 3.90. The van der Waals surface area contributed by atoms with Crippen LogP contribution in [0.1, 0.15) is 45.1 Å². The quantitative estimate of drug-likeness (QED) is 0.707. The summed E-state index contributed by atoms with van der Waals surface area (Å²) in [5, 5.41) is 9.59. The number of hydrogen-bond donors (Lipinski definition) is 2. The summed E-state index contributed by atoms with van der Waals surface area (Å²) in [7, 11) is 0. The second kappa shape index (κ2) is 2.90. The Labute approximate surface area is 72.8 Å². The molecule has 3 nitrogen and oxygen atoms in total. The van der Waals surface area contributed by atoms with Crippen molar-refractivity contribution in [3.63, 3.8) is 0 Å². The van der Waals surface area contributed by atoms with Gasteiger partial charge in [-0.2, -0.15) is 0 Å². The van der Waals surface area contributed by atoms with Gasteiger partial charge in [0, 0.05) is 11.9 Å². The molecule has 0 aliphatic rings. The third kappa shape index (κ3) is 1.85. The number of aromatic nitrogens is 2. The molecule has 0 aliphatic heterocycles. The van der Waals surface area contributed by atoms with Crippen molar-refractivity contribution in [2.24, 2.45) is 0 Å². The van der Waals surface area contributed by atoms with Crippen molar-refractivity contribution in [1.82, 2.24) is 9.97 Å². The van der Waals surface area contributed by atoms with Crippen LogP contribution >= 0.6 is 0 Å². The maximum absolute atomic E-state index is 9.59.